The normalized spacial score (nSPS) is 10.4. The first kappa shape index (κ1) is 12.3. The molecule has 0 fully saturated rings. The second-order valence-corrected chi connectivity index (χ2v) is 4.13. The smallest absolute Gasteiger partial charge is 0.171 e. The number of benzene rings is 1. The molecule has 96 valence electrons. The second kappa shape index (κ2) is 4.60. The fourth-order valence-corrected chi connectivity index (χ4v) is 1.76. The van der Waals surface area contributed by atoms with Gasteiger partial charge in [-0.3, -0.25) is 4.68 Å². The highest BCUT2D eigenvalue weighted by atomic mass is 16.5. The van der Waals surface area contributed by atoms with Crippen LogP contribution in [0.2, 0.25) is 0 Å². The first-order chi connectivity index (χ1) is 8.52. The molecule has 2 rings (SSSR count). The highest BCUT2D eigenvalue weighted by Gasteiger charge is 2.13. The van der Waals surface area contributed by atoms with Crippen molar-refractivity contribution < 1.29 is 9.47 Å². The van der Waals surface area contributed by atoms with Crippen LogP contribution >= 0.6 is 0 Å². The largest absolute Gasteiger partial charge is 0.497 e. The number of nitrogens with two attached hydrogens (primary N) is 1. The predicted molar refractivity (Wildman–Crippen MR) is 70.2 cm³/mol. The van der Waals surface area contributed by atoms with Crippen molar-refractivity contribution >= 4 is 5.69 Å². The zero-order valence-electron chi connectivity index (χ0n) is 11.0. The van der Waals surface area contributed by atoms with Crippen molar-refractivity contribution in [3.63, 3.8) is 0 Å². The van der Waals surface area contributed by atoms with Gasteiger partial charge in [-0.25, -0.2) is 0 Å². The Morgan fingerprint density at radius 2 is 2.00 bits per heavy atom. The van der Waals surface area contributed by atoms with Gasteiger partial charge >= 0.3 is 0 Å². The van der Waals surface area contributed by atoms with Crippen LogP contribution in [0.15, 0.2) is 18.2 Å². The van der Waals surface area contributed by atoms with Crippen molar-refractivity contribution in [2.24, 2.45) is 7.05 Å². The summed E-state index contributed by atoms with van der Waals surface area (Å²) in [4.78, 5) is 0. The van der Waals surface area contributed by atoms with Crippen molar-refractivity contribution in [3.8, 4) is 17.2 Å². The number of methoxy groups -OCH3 is 1. The lowest BCUT2D eigenvalue weighted by molar-refractivity contribution is 0.413. The quantitative estimate of drug-likeness (QED) is 0.846. The van der Waals surface area contributed by atoms with Crippen molar-refractivity contribution in [2.45, 2.75) is 13.8 Å². The summed E-state index contributed by atoms with van der Waals surface area (Å²) < 4.78 is 12.7. The summed E-state index contributed by atoms with van der Waals surface area (Å²) in [5.41, 5.74) is 8.26. The summed E-state index contributed by atoms with van der Waals surface area (Å²) in [6, 6.07) is 5.34. The third kappa shape index (κ3) is 2.11. The molecule has 0 amide bonds. The highest BCUT2D eigenvalue weighted by Crippen LogP contribution is 2.33. The minimum Gasteiger partial charge on any atom is -0.497 e. The molecule has 0 aliphatic heterocycles. The maximum absolute atomic E-state index is 5.92. The lowest BCUT2D eigenvalue weighted by Crippen LogP contribution is -1.95. The van der Waals surface area contributed by atoms with Gasteiger partial charge in [-0.2, -0.15) is 5.10 Å². The number of hydrogen-bond acceptors (Lipinski definition) is 4. The van der Waals surface area contributed by atoms with E-state index >= 15 is 0 Å². The van der Waals surface area contributed by atoms with Gasteiger partial charge in [0.15, 0.2) is 11.5 Å². The molecule has 0 aliphatic carbocycles. The zero-order chi connectivity index (χ0) is 13.3. The molecule has 0 radical (unpaired) electrons. The van der Waals surface area contributed by atoms with Crippen molar-refractivity contribution in [1.82, 2.24) is 9.78 Å². The molecule has 0 saturated heterocycles. The van der Waals surface area contributed by atoms with Gasteiger partial charge < -0.3 is 15.2 Å². The van der Waals surface area contributed by atoms with Crippen LogP contribution in [-0.4, -0.2) is 16.9 Å². The topological polar surface area (TPSA) is 62.3 Å². The fraction of sp³-hybridized carbons (Fsp3) is 0.308. The van der Waals surface area contributed by atoms with Gasteiger partial charge in [0.25, 0.3) is 0 Å². The van der Waals surface area contributed by atoms with Crippen molar-refractivity contribution in [2.75, 3.05) is 12.8 Å². The van der Waals surface area contributed by atoms with E-state index in [0.29, 0.717) is 17.2 Å². The molecule has 18 heavy (non-hydrogen) atoms. The van der Waals surface area contributed by atoms with E-state index in [1.54, 1.807) is 23.9 Å². The van der Waals surface area contributed by atoms with Crippen LogP contribution in [-0.2, 0) is 7.05 Å². The van der Waals surface area contributed by atoms with Crippen LogP contribution in [0.3, 0.4) is 0 Å². The Hall–Kier alpha value is -2.17. The monoisotopic (exact) mass is 247 g/mol. The van der Waals surface area contributed by atoms with Gasteiger partial charge in [-0.1, -0.05) is 0 Å². The van der Waals surface area contributed by atoms with Gasteiger partial charge in [0, 0.05) is 13.1 Å². The summed E-state index contributed by atoms with van der Waals surface area (Å²) in [7, 11) is 3.48. The summed E-state index contributed by atoms with van der Waals surface area (Å²) in [5.74, 6) is 2.06. The van der Waals surface area contributed by atoms with Gasteiger partial charge in [0.1, 0.15) is 11.4 Å². The van der Waals surface area contributed by atoms with E-state index in [1.807, 2.05) is 27.0 Å². The number of aryl methyl sites for hydroxylation is 2. The van der Waals surface area contributed by atoms with E-state index in [4.69, 9.17) is 15.2 Å². The first-order valence-electron chi connectivity index (χ1n) is 5.64. The van der Waals surface area contributed by atoms with E-state index in [-0.39, 0.29) is 0 Å². The Morgan fingerprint density at radius 1 is 1.28 bits per heavy atom. The summed E-state index contributed by atoms with van der Waals surface area (Å²) in [5, 5.41) is 4.30. The third-order valence-corrected chi connectivity index (χ3v) is 2.87. The molecule has 2 N–H and O–H groups in total. The number of nitrogens with zero attached hydrogens (tertiary/aromatic N) is 2. The molecule has 5 heteroatoms. The molecule has 0 saturated carbocycles. The lowest BCUT2D eigenvalue weighted by atomic mass is 10.2. The molecule has 0 spiro atoms. The SMILES string of the molecule is COc1ccc(Oc2c(C)nn(C)c2C)c(N)c1. The molecule has 5 nitrogen and oxygen atoms in total. The van der Waals surface area contributed by atoms with Crippen molar-refractivity contribution in [1.29, 1.82) is 0 Å². The number of ether oxygens (including phenoxy) is 2. The van der Waals surface area contributed by atoms with Gasteiger partial charge in [-0.05, 0) is 26.0 Å². The summed E-state index contributed by atoms with van der Waals surface area (Å²) in [6.45, 7) is 3.86. The zero-order valence-corrected chi connectivity index (χ0v) is 11.0. The lowest BCUT2D eigenvalue weighted by Gasteiger charge is -2.10. The maximum atomic E-state index is 5.92. The minimum absolute atomic E-state index is 0.539. The van der Waals surface area contributed by atoms with Crippen LogP contribution in [0.5, 0.6) is 17.2 Å². The van der Waals surface area contributed by atoms with Gasteiger partial charge in [0.2, 0.25) is 0 Å². The Bertz CT molecular complexity index is 576. The number of hydrogen-bond donors (Lipinski definition) is 1. The molecule has 1 heterocycles. The number of anilines is 1. The Morgan fingerprint density at radius 3 is 2.50 bits per heavy atom. The maximum Gasteiger partial charge on any atom is 0.171 e. The molecule has 1 aromatic carbocycles. The molecule has 2 aromatic rings. The van der Waals surface area contributed by atoms with Crippen LogP contribution in [0.4, 0.5) is 5.69 Å². The van der Waals surface area contributed by atoms with Crippen LogP contribution in [0, 0.1) is 13.8 Å². The predicted octanol–water partition coefficient (Wildman–Crippen LogP) is 2.42. The average Bonchev–Trinajstić information content (AvgIpc) is 2.58. The summed E-state index contributed by atoms with van der Waals surface area (Å²) in [6.07, 6.45) is 0. The van der Waals surface area contributed by atoms with E-state index in [0.717, 1.165) is 17.1 Å². The van der Waals surface area contributed by atoms with E-state index in [1.165, 1.54) is 0 Å². The number of nitrogen functional groups attached to an aromatic ring is 1. The molecular weight excluding hydrogens is 230 g/mol. The van der Waals surface area contributed by atoms with Gasteiger partial charge in [-0.15, -0.1) is 0 Å². The van der Waals surface area contributed by atoms with Crippen LogP contribution in [0.1, 0.15) is 11.4 Å². The first-order valence-corrected chi connectivity index (χ1v) is 5.64. The molecule has 0 aliphatic rings. The fourth-order valence-electron chi connectivity index (χ4n) is 1.76. The Labute approximate surface area is 106 Å². The molecule has 0 unspecified atom stereocenters. The van der Waals surface area contributed by atoms with Crippen molar-refractivity contribution in [3.05, 3.63) is 29.6 Å². The van der Waals surface area contributed by atoms with Crippen LogP contribution in [0.25, 0.3) is 0 Å². The number of aromatic nitrogens is 2. The molecule has 0 atom stereocenters. The Balaban J connectivity index is 2.34. The highest BCUT2D eigenvalue weighted by molar-refractivity contribution is 5.57. The standard InChI is InChI=1S/C13H17N3O2/c1-8-13(9(2)16(3)15-8)18-12-6-5-10(17-4)7-11(12)14/h5-7H,14H2,1-4H3. The molecular formula is C13H17N3O2. The molecule has 0 bridgehead atoms. The molecule has 1 aromatic heterocycles. The van der Waals surface area contributed by atoms with E-state index in [2.05, 4.69) is 5.10 Å². The van der Waals surface area contributed by atoms with Crippen LogP contribution < -0.4 is 15.2 Å². The Kier molecular flexibility index (Phi) is 3.14. The third-order valence-electron chi connectivity index (χ3n) is 2.87. The van der Waals surface area contributed by atoms with E-state index in [9.17, 15) is 0 Å². The minimum atomic E-state index is 0.539. The average molecular weight is 247 g/mol. The van der Waals surface area contributed by atoms with E-state index < -0.39 is 0 Å². The second-order valence-electron chi connectivity index (χ2n) is 4.13. The summed E-state index contributed by atoms with van der Waals surface area (Å²) >= 11 is 0. The number of rotatable bonds is 3. The van der Waals surface area contributed by atoms with Gasteiger partial charge in [0.05, 0.1) is 18.5 Å².